The van der Waals surface area contributed by atoms with Crippen LogP contribution in [0.2, 0.25) is 0 Å². The fraction of sp³-hybridized carbons (Fsp3) is 0.571. The van der Waals surface area contributed by atoms with E-state index in [1.54, 1.807) is 0 Å². The van der Waals surface area contributed by atoms with Gasteiger partial charge in [0.1, 0.15) is 0 Å². The second-order valence-corrected chi connectivity index (χ2v) is 7.46. The number of hydrogen-bond donors (Lipinski definition) is 2. The van der Waals surface area contributed by atoms with Crippen LogP contribution in [-0.2, 0) is 34.4 Å². The summed E-state index contributed by atoms with van der Waals surface area (Å²) in [5.41, 5.74) is 3.58. The second-order valence-electron chi connectivity index (χ2n) is 5.41. The standard InChI is InChI=1S/C14H20N2O3S/c17-20(18,14-2-1-5-19-10-14)16-7-11-3-4-12-8-15-9-13(12)6-11/h3-4,6,14-16H,1-2,5,7-10H2. The molecule has 2 aliphatic rings. The summed E-state index contributed by atoms with van der Waals surface area (Å²) in [7, 11) is -3.29. The molecule has 20 heavy (non-hydrogen) atoms. The molecule has 110 valence electrons. The lowest BCUT2D eigenvalue weighted by atomic mass is 10.1. The van der Waals surface area contributed by atoms with E-state index in [4.69, 9.17) is 4.74 Å². The minimum absolute atomic E-state index is 0.309. The third-order valence-electron chi connectivity index (χ3n) is 3.94. The Morgan fingerprint density at radius 1 is 1.30 bits per heavy atom. The maximum absolute atomic E-state index is 12.2. The van der Waals surface area contributed by atoms with E-state index >= 15 is 0 Å². The summed E-state index contributed by atoms with van der Waals surface area (Å²) in [6.07, 6.45) is 1.50. The normalized spacial score (nSPS) is 22.7. The van der Waals surface area contributed by atoms with Crippen LogP contribution in [0, 0.1) is 0 Å². The molecular formula is C14H20N2O3S. The van der Waals surface area contributed by atoms with Gasteiger partial charge >= 0.3 is 0 Å². The first-order valence-corrected chi connectivity index (χ1v) is 8.57. The highest BCUT2D eigenvalue weighted by Gasteiger charge is 2.27. The number of fused-ring (bicyclic) bond motifs is 1. The van der Waals surface area contributed by atoms with Gasteiger partial charge in [0.15, 0.2) is 0 Å². The molecule has 1 saturated heterocycles. The molecule has 1 aromatic rings. The van der Waals surface area contributed by atoms with E-state index in [0.717, 1.165) is 25.1 Å². The van der Waals surface area contributed by atoms with Crippen LogP contribution in [0.5, 0.6) is 0 Å². The molecule has 2 heterocycles. The van der Waals surface area contributed by atoms with E-state index in [-0.39, 0.29) is 0 Å². The fourth-order valence-electron chi connectivity index (χ4n) is 2.72. The van der Waals surface area contributed by atoms with Gasteiger partial charge in [-0.1, -0.05) is 18.2 Å². The van der Waals surface area contributed by atoms with Crippen LogP contribution in [-0.4, -0.2) is 26.9 Å². The topological polar surface area (TPSA) is 67.4 Å². The van der Waals surface area contributed by atoms with Crippen LogP contribution < -0.4 is 10.0 Å². The van der Waals surface area contributed by atoms with Gasteiger partial charge in [-0.3, -0.25) is 0 Å². The zero-order chi connectivity index (χ0) is 14.0. The lowest BCUT2D eigenvalue weighted by Gasteiger charge is -2.22. The molecular weight excluding hydrogens is 276 g/mol. The Labute approximate surface area is 119 Å². The Hall–Kier alpha value is -0.950. The Kier molecular flexibility index (Phi) is 4.07. The van der Waals surface area contributed by atoms with Crippen molar-refractivity contribution in [3.63, 3.8) is 0 Å². The van der Waals surface area contributed by atoms with Crippen molar-refractivity contribution < 1.29 is 13.2 Å². The molecule has 0 saturated carbocycles. The molecule has 6 heteroatoms. The summed E-state index contributed by atoms with van der Waals surface area (Å²) in [6.45, 7) is 3.10. The van der Waals surface area contributed by atoms with Crippen molar-refractivity contribution in [3.8, 4) is 0 Å². The highest BCUT2D eigenvalue weighted by Crippen LogP contribution is 2.18. The molecule has 0 spiro atoms. The summed E-state index contributed by atoms with van der Waals surface area (Å²) >= 11 is 0. The van der Waals surface area contributed by atoms with E-state index in [2.05, 4.69) is 22.2 Å². The van der Waals surface area contributed by atoms with Crippen LogP contribution in [0.15, 0.2) is 18.2 Å². The predicted molar refractivity (Wildman–Crippen MR) is 76.6 cm³/mol. The van der Waals surface area contributed by atoms with Gasteiger partial charge < -0.3 is 10.1 Å². The zero-order valence-corrected chi connectivity index (χ0v) is 12.2. The van der Waals surface area contributed by atoms with E-state index in [1.807, 2.05) is 6.07 Å². The summed E-state index contributed by atoms with van der Waals surface area (Å²) in [5.74, 6) is 0. The van der Waals surface area contributed by atoms with Crippen molar-refractivity contribution in [2.75, 3.05) is 13.2 Å². The van der Waals surface area contributed by atoms with Crippen LogP contribution in [0.1, 0.15) is 29.5 Å². The smallest absolute Gasteiger partial charge is 0.217 e. The molecule has 0 aliphatic carbocycles. The quantitative estimate of drug-likeness (QED) is 0.866. The minimum atomic E-state index is -3.29. The molecule has 5 nitrogen and oxygen atoms in total. The first kappa shape index (κ1) is 14.0. The van der Waals surface area contributed by atoms with Crippen LogP contribution in [0.4, 0.5) is 0 Å². The molecule has 1 aromatic carbocycles. The lowest BCUT2D eigenvalue weighted by molar-refractivity contribution is 0.0988. The van der Waals surface area contributed by atoms with Gasteiger partial charge in [0, 0.05) is 26.2 Å². The Morgan fingerprint density at radius 2 is 2.15 bits per heavy atom. The van der Waals surface area contributed by atoms with E-state index in [0.29, 0.717) is 26.2 Å². The molecule has 3 rings (SSSR count). The third kappa shape index (κ3) is 3.03. The third-order valence-corrected chi connectivity index (χ3v) is 5.73. The van der Waals surface area contributed by atoms with Crippen LogP contribution in [0.3, 0.4) is 0 Å². The Balaban J connectivity index is 1.63. The average molecular weight is 296 g/mol. The number of benzene rings is 1. The molecule has 0 radical (unpaired) electrons. The van der Waals surface area contributed by atoms with Gasteiger partial charge in [-0.25, -0.2) is 13.1 Å². The van der Waals surface area contributed by atoms with Crippen molar-refractivity contribution in [1.29, 1.82) is 0 Å². The van der Waals surface area contributed by atoms with Crippen molar-refractivity contribution in [3.05, 3.63) is 34.9 Å². The van der Waals surface area contributed by atoms with E-state index < -0.39 is 15.3 Å². The van der Waals surface area contributed by atoms with Gasteiger partial charge in [-0.15, -0.1) is 0 Å². The molecule has 2 N–H and O–H groups in total. The van der Waals surface area contributed by atoms with Crippen LogP contribution in [0.25, 0.3) is 0 Å². The first-order valence-electron chi connectivity index (χ1n) is 7.03. The SMILES string of the molecule is O=S(=O)(NCc1ccc2c(c1)CNC2)C1CCCOC1. The van der Waals surface area contributed by atoms with Gasteiger partial charge in [0.25, 0.3) is 0 Å². The maximum Gasteiger partial charge on any atom is 0.217 e. The summed E-state index contributed by atoms with van der Waals surface area (Å²) < 4.78 is 32.3. The highest BCUT2D eigenvalue weighted by molar-refractivity contribution is 7.90. The average Bonchev–Trinajstić information content (AvgIpc) is 2.94. The van der Waals surface area contributed by atoms with Gasteiger partial charge in [0.05, 0.1) is 11.9 Å². The summed E-state index contributed by atoms with van der Waals surface area (Å²) in [4.78, 5) is 0. The van der Waals surface area contributed by atoms with Crippen molar-refractivity contribution in [2.24, 2.45) is 0 Å². The molecule has 1 unspecified atom stereocenters. The monoisotopic (exact) mass is 296 g/mol. The molecule has 1 atom stereocenters. The minimum Gasteiger partial charge on any atom is -0.380 e. The van der Waals surface area contributed by atoms with Crippen molar-refractivity contribution in [1.82, 2.24) is 10.0 Å². The van der Waals surface area contributed by atoms with Crippen molar-refractivity contribution >= 4 is 10.0 Å². The molecule has 0 bridgehead atoms. The maximum atomic E-state index is 12.2. The number of hydrogen-bond acceptors (Lipinski definition) is 4. The molecule has 2 aliphatic heterocycles. The summed E-state index contributed by atoms with van der Waals surface area (Å²) in [6, 6.07) is 6.14. The zero-order valence-electron chi connectivity index (χ0n) is 11.4. The largest absolute Gasteiger partial charge is 0.380 e. The van der Waals surface area contributed by atoms with Gasteiger partial charge in [-0.2, -0.15) is 0 Å². The number of sulfonamides is 1. The van der Waals surface area contributed by atoms with E-state index in [1.165, 1.54) is 11.1 Å². The lowest BCUT2D eigenvalue weighted by Crippen LogP contribution is -2.39. The second kappa shape index (κ2) is 5.81. The molecule has 1 fully saturated rings. The Bertz CT molecular complexity index is 580. The van der Waals surface area contributed by atoms with Gasteiger partial charge in [-0.05, 0) is 29.5 Å². The number of rotatable bonds is 4. The predicted octanol–water partition coefficient (Wildman–Crippen LogP) is 0.888. The molecule has 0 aromatic heterocycles. The number of nitrogens with one attached hydrogen (secondary N) is 2. The number of ether oxygens (including phenoxy) is 1. The van der Waals surface area contributed by atoms with Crippen molar-refractivity contribution in [2.45, 2.75) is 37.7 Å². The van der Waals surface area contributed by atoms with Crippen LogP contribution >= 0.6 is 0 Å². The Morgan fingerprint density at radius 3 is 2.95 bits per heavy atom. The van der Waals surface area contributed by atoms with E-state index in [9.17, 15) is 8.42 Å². The first-order chi connectivity index (χ1) is 9.65. The fourth-order valence-corrected chi connectivity index (χ4v) is 4.07. The van der Waals surface area contributed by atoms with Gasteiger partial charge in [0.2, 0.25) is 10.0 Å². The summed E-state index contributed by atoms with van der Waals surface area (Å²) in [5, 5.41) is 2.87. The molecule has 0 amide bonds. The highest BCUT2D eigenvalue weighted by atomic mass is 32.2.